The molecule has 1 aliphatic heterocycles. The predicted molar refractivity (Wildman–Crippen MR) is 101 cm³/mol. The maximum atomic E-state index is 12.2. The summed E-state index contributed by atoms with van der Waals surface area (Å²) in [5.41, 5.74) is 7.86. The molecule has 3 rings (SSSR count). The molecule has 1 aliphatic rings. The Kier molecular flexibility index (Phi) is 5.48. The number of amidine groups is 2. The van der Waals surface area contributed by atoms with Crippen LogP contribution in [0.15, 0.2) is 64.8 Å². The van der Waals surface area contributed by atoms with Gasteiger partial charge in [0.15, 0.2) is 11.7 Å². The van der Waals surface area contributed by atoms with Crippen molar-refractivity contribution in [2.45, 2.75) is 13.3 Å². The van der Waals surface area contributed by atoms with Crippen LogP contribution in [0, 0.1) is 0 Å². The first kappa shape index (κ1) is 17.5. The van der Waals surface area contributed by atoms with Gasteiger partial charge >= 0.3 is 6.09 Å². The fourth-order valence-electron chi connectivity index (χ4n) is 2.35. The maximum absolute atomic E-state index is 12.2. The quantitative estimate of drug-likeness (QED) is 0.868. The summed E-state index contributed by atoms with van der Waals surface area (Å²) in [6.07, 6.45) is 0.481. The summed E-state index contributed by atoms with van der Waals surface area (Å²) in [5.74, 6) is 1.65. The molecule has 7 nitrogen and oxygen atoms in total. The summed E-state index contributed by atoms with van der Waals surface area (Å²) in [7, 11) is 1.64. The number of rotatable bonds is 5. The number of likely N-dealkylation sites (N-methyl/N-ethyl adjacent to an activating group) is 1. The molecule has 7 heteroatoms. The van der Waals surface area contributed by atoms with E-state index in [0.717, 1.165) is 12.0 Å². The topological polar surface area (TPSA) is 78.3 Å². The summed E-state index contributed by atoms with van der Waals surface area (Å²) in [6, 6.07) is 17.1. The first-order valence-electron chi connectivity index (χ1n) is 8.39. The summed E-state index contributed by atoms with van der Waals surface area (Å²) >= 11 is 0. The lowest BCUT2D eigenvalue weighted by molar-refractivity contribution is 0.168. The highest BCUT2D eigenvalue weighted by molar-refractivity contribution is 6.02. The lowest BCUT2D eigenvalue weighted by Gasteiger charge is -2.20. The third-order valence-electron chi connectivity index (χ3n) is 3.88. The molecule has 0 saturated heterocycles. The number of hydrazone groups is 2. The normalized spacial score (nSPS) is 13.0. The van der Waals surface area contributed by atoms with E-state index in [9.17, 15) is 4.79 Å². The molecule has 1 heterocycles. The van der Waals surface area contributed by atoms with E-state index in [4.69, 9.17) is 4.74 Å². The van der Waals surface area contributed by atoms with E-state index in [0.29, 0.717) is 17.4 Å². The van der Waals surface area contributed by atoms with Crippen molar-refractivity contribution in [3.63, 3.8) is 0 Å². The Balaban J connectivity index is 1.52. The summed E-state index contributed by atoms with van der Waals surface area (Å²) < 4.78 is 5.36. The average Bonchev–Trinajstić information content (AvgIpc) is 2.70. The highest BCUT2D eigenvalue weighted by Gasteiger charge is 2.16. The predicted octanol–water partition coefficient (Wildman–Crippen LogP) is 2.55. The molecule has 0 bridgehead atoms. The summed E-state index contributed by atoms with van der Waals surface area (Å²) in [6.45, 7) is 2.32. The van der Waals surface area contributed by atoms with Crippen LogP contribution in [0.25, 0.3) is 0 Å². The minimum atomic E-state index is -0.461. The van der Waals surface area contributed by atoms with Crippen LogP contribution in [-0.2, 0) is 6.42 Å². The number of nitrogens with one attached hydrogen (secondary N) is 2. The molecule has 1 amide bonds. The lowest BCUT2D eigenvalue weighted by Crippen LogP contribution is -2.42. The minimum absolute atomic E-state index is 0.241. The molecule has 2 aromatic rings. The molecular weight excluding hydrogens is 330 g/mol. The SMILES string of the molecule is CCc1ccc(OC(=O)N(C)CC2=NNC(c3ccccc3)=NN2)cc1. The number of hydrogen-bond acceptors (Lipinski definition) is 6. The fourth-order valence-corrected chi connectivity index (χ4v) is 2.35. The van der Waals surface area contributed by atoms with Crippen LogP contribution in [0.5, 0.6) is 5.75 Å². The van der Waals surface area contributed by atoms with Crippen molar-refractivity contribution in [1.29, 1.82) is 0 Å². The Morgan fingerprint density at radius 1 is 1.04 bits per heavy atom. The minimum Gasteiger partial charge on any atom is -0.410 e. The van der Waals surface area contributed by atoms with Gasteiger partial charge in [-0.3, -0.25) is 10.9 Å². The van der Waals surface area contributed by atoms with Crippen molar-refractivity contribution >= 4 is 17.8 Å². The van der Waals surface area contributed by atoms with Crippen LogP contribution >= 0.6 is 0 Å². The number of carbonyl (C=O) groups excluding carboxylic acids is 1. The molecule has 0 aliphatic carbocycles. The molecule has 0 atom stereocenters. The zero-order valence-electron chi connectivity index (χ0n) is 14.8. The summed E-state index contributed by atoms with van der Waals surface area (Å²) in [4.78, 5) is 13.6. The third kappa shape index (κ3) is 4.38. The van der Waals surface area contributed by atoms with Gasteiger partial charge in [0.2, 0.25) is 0 Å². The average molecular weight is 351 g/mol. The second-order valence-electron chi connectivity index (χ2n) is 5.83. The van der Waals surface area contributed by atoms with Gasteiger partial charge in [0, 0.05) is 12.6 Å². The van der Waals surface area contributed by atoms with Gasteiger partial charge in [0.25, 0.3) is 0 Å². The molecular formula is C19H21N5O2. The monoisotopic (exact) mass is 351 g/mol. The first-order chi connectivity index (χ1) is 12.7. The van der Waals surface area contributed by atoms with Crippen molar-refractivity contribution in [2.75, 3.05) is 13.6 Å². The molecule has 0 aromatic heterocycles. The Hall–Kier alpha value is -3.35. The van der Waals surface area contributed by atoms with Crippen molar-refractivity contribution < 1.29 is 9.53 Å². The van der Waals surface area contributed by atoms with Crippen molar-refractivity contribution in [3.8, 4) is 5.75 Å². The zero-order chi connectivity index (χ0) is 18.4. The molecule has 2 aromatic carbocycles. The second kappa shape index (κ2) is 8.15. The highest BCUT2D eigenvalue weighted by Crippen LogP contribution is 2.13. The van der Waals surface area contributed by atoms with Crippen LogP contribution in [0.4, 0.5) is 4.79 Å². The Morgan fingerprint density at radius 3 is 2.38 bits per heavy atom. The van der Waals surface area contributed by atoms with Crippen LogP contribution in [0.3, 0.4) is 0 Å². The van der Waals surface area contributed by atoms with E-state index < -0.39 is 6.09 Å². The van der Waals surface area contributed by atoms with E-state index in [1.54, 1.807) is 19.2 Å². The van der Waals surface area contributed by atoms with Gasteiger partial charge < -0.3 is 9.64 Å². The number of aryl methyl sites for hydroxylation is 1. The Morgan fingerprint density at radius 2 is 1.77 bits per heavy atom. The third-order valence-corrected chi connectivity index (χ3v) is 3.88. The highest BCUT2D eigenvalue weighted by atomic mass is 16.6. The number of benzene rings is 2. The van der Waals surface area contributed by atoms with Crippen LogP contribution < -0.4 is 15.6 Å². The van der Waals surface area contributed by atoms with Gasteiger partial charge in [0.05, 0.1) is 6.54 Å². The Labute approximate surface area is 152 Å². The van der Waals surface area contributed by atoms with E-state index in [-0.39, 0.29) is 6.54 Å². The molecule has 0 spiro atoms. The molecule has 134 valence electrons. The zero-order valence-corrected chi connectivity index (χ0v) is 14.8. The van der Waals surface area contributed by atoms with Gasteiger partial charge in [-0.05, 0) is 24.1 Å². The Bertz CT molecular complexity index is 816. The first-order valence-corrected chi connectivity index (χ1v) is 8.39. The van der Waals surface area contributed by atoms with Crippen molar-refractivity contribution in [1.82, 2.24) is 15.8 Å². The van der Waals surface area contributed by atoms with Gasteiger partial charge in [-0.2, -0.15) is 10.2 Å². The van der Waals surface area contributed by atoms with Crippen molar-refractivity contribution in [3.05, 3.63) is 65.7 Å². The van der Waals surface area contributed by atoms with Crippen LogP contribution in [0.1, 0.15) is 18.1 Å². The van der Waals surface area contributed by atoms with Gasteiger partial charge in [0.1, 0.15) is 5.75 Å². The van der Waals surface area contributed by atoms with E-state index in [1.807, 2.05) is 42.5 Å². The number of nitrogens with zero attached hydrogens (tertiary/aromatic N) is 3. The number of carbonyl (C=O) groups is 1. The molecule has 0 fully saturated rings. The molecule has 26 heavy (non-hydrogen) atoms. The van der Waals surface area contributed by atoms with Crippen LogP contribution in [0.2, 0.25) is 0 Å². The maximum Gasteiger partial charge on any atom is 0.415 e. The van der Waals surface area contributed by atoms with E-state index >= 15 is 0 Å². The lowest BCUT2D eigenvalue weighted by atomic mass is 10.2. The smallest absolute Gasteiger partial charge is 0.410 e. The fraction of sp³-hybridized carbons (Fsp3) is 0.211. The van der Waals surface area contributed by atoms with Gasteiger partial charge in [-0.1, -0.05) is 49.4 Å². The van der Waals surface area contributed by atoms with Gasteiger partial charge in [-0.25, -0.2) is 4.79 Å². The second-order valence-corrected chi connectivity index (χ2v) is 5.83. The largest absolute Gasteiger partial charge is 0.415 e. The van der Waals surface area contributed by atoms with Crippen molar-refractivity contribution in [2.24, 2.45) is 10.2 Å². The standard InChI is InChI=1S/C19H21N5O2/c1-3-14-9-11-16(12-10-14)26-19(25)24(2)13-17-20-22-18(23-21-17)15-7-5-4-6-8-15/h4-12H,3,13H2,1-2H3,(H,20,21)(H,22,23). The van der Waals surface area contributed by atoms with E-state index in [2.05, 4.69) is 28.0 Å². The number of amides is 1. The van der Waals surface area contributed by atoms with E-state index in [1.165, 1.54) is 10.5 Å². The molecule has 2 N–H and O–H groups in total. The molecule has 0 unspecified atom stereocenters. The number of hydrogen-bond donors (Lipinski definition) is 2. The summed E-state index contributed by atoms with van der Waals surface area (Å²) in [5, 5.41) is 8.46. The molecule has 0 radical (unpaired) electrons. The molecule has 0 saturated carbocycles. The number of ether oxygens (including phenoxy) is 1. The van der Waals surface area contributed by atoms with Gasteiger partial charge in [-0.15, -0.1) is 0 Å². The van der Waals surface area contributed by atoms with Crippen LogP contribution in [-0.4, -0.2) is 36.3 Å².